The summed E-state index contributed by atoms with van der Waals surface area (Å²) >= 11 is 0. The molecule has 0 bridgehead atoms. The molecule has 0 saturated carbocycles. The van der Waals surface area contributed by atoms with E-state index in [9.17, 15) is 18.0 Å². The lowest BCUT2D eigenvalue weighted by Crippen LogP contribution is -2.02. The molecular formula is C21H21F3O3. The van der Waals surface area contributed by atoms with Crippen LogP contribution in [0.15, 0.2) is 49.1 Å². The largest absolute Gasteiger partial charge is 0.494 e. The van der Waals surface area contributed by atoms with Crippen molar-refractivity contribution in [1.82, 2.24) is 0 Å². The summed E-state index contributed by atoms with van der Waals surface area (Å²) in [5, 5.41) is 0. The molecule has 27 heavy (non-hydrogen) atoms. The maximum absolute atomic E-state index is 13.3. The number of rotatable bonds is 10. The lowest BCUT2D eigenvalue weighted by molar-refractivity contribution is -0.137. The highest BCUT2D eigenvalue weighted by Gasteiger charge is 2.11. The fourth-order valence-corrected chi connectivity index (χ4v) is 2.45. The molecule has 2 rings (SSSR count). The molecule has 0 aromatic heterocycles. The summed E-state index contributed by atoms with van der Waals surface area (Å²) in [7, 11) is 0. The molecule has 0 amide bonds. The quantitative estimate of drug-likeness (QED) is 0.239. The van der Waals surface area contributed by atoms with E-state index >= 15 is 0 Å². The number of carbonyl (C=O) groups excluding carboxylic acids is 1. The van der Waals surface area contributed by atoms with Crippen LogP contribution in [0.2, 0.25) is 0 Å². The smallest absolute Gasteiger partial charge is 0.330 e. The lowest BCUT2D eigenvalue weighted by atomic mass is 10.1. The van der Waals surface area contributed by atoms with Crippen LogP contribution in [0.5, 0.6) is 5.75 Å². The van der Waals surface area contributed by atoms with Crippen molar-refractivity contribution < 1.29 is 27.4 Å². The maximum atomic E-state index is 13.3. The average Bonchev–Trinajstić information content (AvgIpc) is 2.68. The molecule has 0 aliphatic heterocycles. The first-order valence-electron chi connectivity index (χ1n) is 8.68. The zero-order valence-electron chi connectivity index (χ0n) is 14.8. The van der Waals surface area contributed by atoms with Crippen molar-refractivity contribution >= 4 is 5.97 Å². The van der Waals surface area contributed by atoms with Crippen LogP contribution in [-0.2, 0) is 9.53 Å². The molecule has 0 atom stereocenters. The van der Waals surface area contributed by atoms with Crippen LogP contribution in [0.1, 0.15) is 25.7 Å². The van der Waals surface area contributed by atoms with Crippen LogP contribution in [-0.4, -0.2) is 19.2 Å². The third-order valence-electron chi connectivity index (χ3n) is 3.89. The van der Waals surface area contributed by atoms with E-state index in [1.807, 2.05) is 0 Å². The second-order valence-electron chi connectivity index (χ2n) is 5.91. The molecule has 0 heterocycles. The minimum Gasteiger partial charge on any atom is -0.494 e. The van der Waals surface area contributed by atoms with Gasteiger partial charge >= 0.3 is 5.97 Å². The maximum Gasteiger partial charge on any atom is 0.330 e. The number of hydrogen-bond acceptors (Lipinski definition) is 3. The van der Waals surface area contributed by atoms with Crippen molar-refractivity contribution in [2.75, 3.05) is 13.2 Å². The molecule has 2 aromatic carbocycles. The topological polar surface area (TPSA) is 35.5 Å². The van der Waals surface area contributed by atoms with E-state index in [-0.39, 0.29) is 5.56 Å². The minimum absolute atomic E-state index is 0.259. The van der Waals surface area contributed by atoms with Gasteiger partial charge < -0.3 is 9.47 Å². The highest BCUT2D eigenvalue weighted by Crippen LogP contribution is 2.25. The number of carbonyl (C=O) groups is 1. The van der Waals surface area contributed by atoms with Crippen molar-refractivity contribution in [3.05, 3.63) is 66.5 Å². The van der Waals surface area contributed by atoms with Crippen LogP contribution in [0.3, 0.4) is 0 Å². The molecule has 0 spiro atoms. The summed E-state index contributed by atoms with van der Waals surface area (Å²) in [4.78, 5) is 10.9. The summed E-state index contributed by atoms with van der Waals surface area (Å²) in [5.41, 5.74) is 0.823. The van der Waals surface area contributed by atoms with Crippen molar-refractivity contribution in [3.8, 4) is 16.9 Å². The van der Waals surface area contributed by atoms with E-state index < -0.39 is 23.4 Å². The molecule has 0 aliphatic carbocycles. The van der Waals surface area contributed by atoms with Gasteiger partial charge in [0, 0.05) is 6.08 Å². The zero-order valence-corrected chi connectivity index (χ0v) is 14.8. The second kappa shape index (κ2) is 10.4. The Balaban J connectivity index is 1.72. The summed E-state index contributed by atoms with van der Waals surface area (Å²) in [5.74, 6) is -3.68. The van der Waals surface area contributed by atoms with Gasteiger partial charge in [-0.05, 0) is 61.1 Å². The van der Waals surface area contributed by atoms with Crippen LogP contribution in [0, 0.1) is 17.5 Å². The Hall–Kier alpha value is -2.76. The van der Waals surface area contributed by atoms with Crippen LogP contribution < -0.4 is 4.74 Å². The SMILES string of the molecule is C=CC(=O)OCCCCCCOc1ccc(-c2cc(F)c(F)c(F)c2)cc1. The molecule has 0 saturated heterocycles. The third-order valence-corrected chi connectivity index (χ3v) is 3.89. The molecule has 0 N–H and O–H groups in total. The average molecular weight is 378 g/mol. The zero-order chi connectivity index (χ0) is 19.6. The van der Waals surface area contributed by atoms with Gasteiger partial charge in [-0.3, -0.25) is 0 Å². The standard InChI is InChI=1S/C21H21F3O3/c1-2-20(25)27-12-6-4-3-5-11-26-17-9-7-15(8-10-17)16-13-18(22)21(24)19(23)14-16/h2,7-10,13-14H,1,3-6,11-12H2. The van der Waals surface area contributed by atoms with Gasteiger partial charge in [0.05, 0.1) is 13.2 Å². The van der Waals surface area contributed by atoms with Gasteiger partial charge in [-0.1, -0.05) is 18.7 Å². The number of benzene rings is 2. The molecule has 0 fully saturated rings. The van der Waals surface area contributed by atoms with Gasteiger partial charge in [0.1, 0.15) is 5.75 Å². The molecule has 6 heteroatoms. The molecule has 0 aliphatic rings. The first kappa shape index (κ1) is 20.6. The minimum atomic E-state index is -1.47. The summed E-state index contributed by atoms with van der Waals surface area (Å²) in [6, 6.07) is 8.64. The third kappa shape index (κ3) is 6.47. The normalized spacial score (nSPS) is 10.5. The van der Waals surface area contributed by atoms with E-state index in [4.69, 9.17) is 9.47 Å². The summed E-state index contributed by atoms with van der Waals surface area (Å²) in [6.07, 6.45) is 4.65. The molecular weight excluding hydrogens is 357 g/mol. The molecule has 2 aromatic rings. The van der Waals surface area contributed by atoms with Gasteiger partial charge in [0.2, 0.25) is 0 Å². The molecule has 0 unspecified atom stereocenters. The van der Waals surface area contributed by atoms with Gasteiger partial charge in [-0.25, -0.2) is 18.0 Å². The lowest BCUT2D eigenvalue weighted by Gasteiger charge is -2.08. The Labute approximate surface area is 156 Å². The van der Waals surface area contributed by atoms with E-state index in [0.717, 1.165) is 43.9 Å². The van der Waals surface area contributed by atoms with E-state index in [2.05, 4.69) is 6.58 Å². The monoisotopic (exact) mass is 378 g/mol. The number of halogens is 3. The highest BCUT2D eigenvalue weighted by molar-refractivity contribution is 5.81. The second-order valence-corrected chi connectivity index (χ2v) is 5.91. The van der Waals surface area contributed by atoms with E-state index in [1.54, 1.807) is 24.3 Å². The molecule has 0 radical (unpaired) electrons. The first-order chi connectivity index (χ1) is 13.0. The molecule has 3 nitrogen and oxygen atoms in total. The van der Waals surface area contributed by atoms with Crippen LogP contribution in [0.4, 0.5) is 13.2 Å². The predicted octanol–water partition coefficient (Wildman–Crippen LogP) is 5.44. The Morgan fingerprint density at radius 2 is 1.48 bits per heavy atom. The summed E-state index contributed by atoms with van der Waals surface area (Å²) < 4.78 is 50.1. The fraction of sp³-hybridized carbons (Fsp3) is 0.286. The van der Waals surface area contributed by atoms with Crippen molar-refractivity contribution in [1.29, 1.82) is 0 Å². The fourth-order valence-electron chi connectivity index (χ4n) is 2.45. The Morgan fingerprint density at radius 1 is 0.889 bits per heavy atom. The van der Waals surface area contributed by atoms with Crippen molar-refractivity contribution in [2.45, 2.75) is 25.7 Å². The van der Waals surface area contributed by atoms with Crippen LogP contribution in [0.25, 0.3) is 11.1 Å². The van der Waals surface area contributed by atoms with E-state index in [1.165, 1.54) is 0 Å². The number of ether oxygens (including phenoxy) is 2. The predicted molar refractivity (Wildman–Crippen MR) is 96.9 cm³/mol. The van der Waals surface area contributed by atoms with Gasteiger partial charge in [0.25, 0.3) is 0 Å². The van der Waals surface area contributed by atoms with Crippen molar-refractivity contribution in [3.63, 3.8) is 0 Å². The Kier molecular flexibility index (Phi) is 7.92. The Morgan fingerprint density at radius 3 is 2.07 bits per heavy atom. The number of hydrogen-bond donors (Lipinski definition) is 0. The van der Waals surface area contributed by atoms with Gasteiger partial charge in [-0.2, -0.15) is 0 Å². The number of unbranched alkanes of at least 4 members (excludes halogenated alkanes) is 3. The number of esters is 1. The summed E-state index contributed by atoms with van der Waals surface area (Å²) in [6.45, 7) is 4.24. The van der Waals surface area contributed by atoms with Crippen LogP contribution >= 0.6 is 0 Å². The van der Waals surface area contributed by atoms with E-state index in [0.29, 0.717) is 24.5 Å². The first-order valence-corrected chi connectivity index (χ1v) is 8.68. The highest BCUT2D eigenvalue weighted by atomic mass is 19.2. The Bertz CT molecular complexity index is 750. The van der Waals surface area contributed by atoms with Gasteiger partial charge in [-0.15, -0.1) is 0 Å². The van der Waals surface area contributed by atoms with Gasteiger partial charge in [0.15, 0.2) is 17.5 Å². The molecule has 144 valence electrons. The van der Waals surface area contributed by atoms with Crippen molar-refractivity contribution in [2.24, 2.45) is 0 Å².